The average molecular weight is 563 g/mol. The van der Waals surface area contributed by atoms with Gasteiger partial charge < -0.3 is 16.6 Å². The van der Waals surface area contributed by atoms with Crippen LogP contribution in [0.5, 0.6) is 0 Å². The highest BCUT2D eigenvalue weighted by atomic mass is 127. The molecule has 1 rings (SSSR count). The highest BCUT2D eigenvalue weighted by molar-refractivity contribution is 14.1. The van der Waals surface area contributed by atoms with E-state index in [-0.39, 0.29) is 15.9 Å². The van der Waals surface area contributed by atoms with Crippen molar-refractivity contribution in [3.63, 3.8) is 0 Å². The fourth-order valence-corrected chi connectivity index (χ4v) is 2.98. The lowest BCUT2D eigenvalue weighted by molar-refractivity contribution is -0.0925. The lowest BCUT2D eigenvalue weighted by atomic mass is 10.1. The van der Waals surface area contributed by atoms with Gasteiger partial charge in [0.1, 0.15) is 22.2 Å². The van der Waals surface area contributed by atoms with E-state index in [4.69, 9.17) is 11.5 Å². The van der Waals surface area contributed by atoms with Crippen LogP contribution >= 0.6 is 38.5 Å². The standard InChI is InChI=1S/C16H16BrF4IN4O/c1-2-25-15(17)9(7-23)14(27)12(6-13(24)16(19,20)21)26-11-4-3-8(18)5-10(11)22/h3-7,14,27H,2,23-24H2,1H3. The summed E-state index contributed by atoms with van der Waals surface area (Å²) in [5.41, 5.74) is 8.81. The maximum absolute atomic E-state index is 13.3. The van der Waals surface area contributed by atoms with E-state index in [1.807, 2.05) is 0 Å². The number of hydrogen-bond acceptors (Lipinski definition) is 5. The summed E-state index contributed by atoms with van der Waals surface area (Å²) in [6.07, 6.45) is -4.99. The first-order valence-electron chi connectivity index (χ1n) is 7.39. The van der Waals surface area contributed by atoms with E-state index >= 15 is 0 Å². The average Bonchev–Trinajstić information content (AvgIpc) is 2.56. The van der Waals surface area contributed by atoms with Crippen molar-refractivity contribution >= 4 is 54.5 Å². The summed E-state index contributed by atoms with van der Waals surface area (Å²) in [6, 6.07) is 3.51. The first-order valence-corrected chi connectivity index (χ1v) is 9.26. The zero-order chi connectivity index (χ0) is 20.8. The third-order valence-corrected chi connectivity index (χ3v) is 4.65. The van der Waals surface area contributed by atoms with Crippen molar-refractivity contribution < 1.29 is 22.7 Å². The van der Waals surface area contributed by atoms with E-state index in [1.165, 1.54) is 6.07 Å². The van der Waals surface area contributed by atoms with Crippen LogP contribution in [0.15, 0.2) is 51.7 Å². The molecule has 0 aliphatic carbocycles. The largest absolute Gasteiger partial charge is 0.430 e. The molecule has 0 radical (unpaired) electrons. The predicted octanol–water partition coefficient (Wildman–Crippen LogP) is 3.92. The zero-order valence-corrected chi connectivity index (χ0v) is 17.7. The fourth-order valence-electron chi connectivity index (χ4n) is 1.79. The third kappa shape index (κ3) is 6.88. The van der Waals surface area contributed by atoms with Gasteiger partial charge in [-0.1, -0.05) is 0 Å². The van der Waals surface area contributed by atoms with E-state index < -0.39 is 29.5 Å². The van der Waals surface area contributed by atoms with Crippen LogP contribution in [0.2, 0.25) is 0 Å². The minimum atomic E-state index is -4.82. The maximum atomic E-state index is 13.3. The van der Waals surface area contributed by atoms with Gasteiger partial charge in [-0.3, -0.25) is 4.99 Å². The Balaban J connectivity index is 3.55. The Hall–Kier alpha value is -1.47. The molecule has 0 bridgehead atoms. The molecule has 5 N–H and O–H groups in total. The predicted molar refractivity (Wildman–Crippen MR) is 110 cm³/mol. The third-order valence-electron chi connectivity index (χ3n) is 3.08. The van der Waals surface area contributed by atoms with Gasteiger partial charge in [0.25, 0.3) is 0 Å². The molecular weight excluding hydrogens is 547 g/mol. The van der Waals surface area contributed by atoms with Gasteiger partial charge in [0.2, 0.25) is 0 Å². The molecule has 0 saturated heterocycles. The topological polar surface area (TPSA) is 97.0 Å². The second-order valence-corrected chi connectivity index (χ2v) is 6.93. The Morgan fingerprint density at radius 2 is 2.04 bits per heavy atom. The molecule has 0 saturated carbocycles. The summed E-state index contributed by atoms with van der Waals surface area (Å²) in [5.74, 6) is -0.536. The van der Waals surface area contributed by atoms with Crippen molar-refractivity contribution in [1.29, 1.82) is 0 Å². The molecule has 0 heterocycles. The van der Waals surface area contributed by atoms with Gasteiger partial charge in [0.15, 0.2) is 0 Å². The van der Waals surface area contributed by atoms with Crippen LogP contribution < -0.4 is 11.5 Å². The second kappa shape index (κ2) is 10.2. The van der Waals surface area contributed by atoms with E-state index in [9.17, 15) is 22.7 Å². The Morgan fingerprint density at radius 3 is 2.52 bits per heavy atom. The number of nitrogens with zero attached hydrogens (tertiary/aromatic N) is 2. The lowest BCUT2D eigenvalue weighted by Crippen LogP contribution is -2.28. The van der Waals surface area contributed by atoms with Crippen LogP contribution in [-0.4, -0.2) is 34.3 Å². The minimum absolute atomic E-state index is 0.000977. The molecule has 0 aliphatic rings. The van der Waals surface area contributed by atoms with E-state index in [0.717, 1.165) is 18.3 Å². The molecule has 27 heavy (non-hydrogen) atoms. The molecule has 5 nitrogen and oxygen atoms in total. The van der Waals surface area contributed by atoms with Crippen molar-refractivity contribution in [2.75, 3.05) is 6.54 Å². The zero-order valence-electron chi connectivity index (χ0n) is 13.9. The number of alkyl halides is 3. The summed E-state index contributed by atoms with van der Waals surface area (Å²) in [5, 5.41) is 10.6. The quantitative estimate of drug-likeness (QED) is 0.278. The normalized spacial score (nSPS) is 15.9. The monoisotopic (exact) mass is 562 g/mol. The van der Waals surface area contributed by atoms with E-state index in [1.54, 1.807) is 29.5 Å². The first kappa shape index (κ1) is 23.6. The van der Waals surface area contributed by atoms with Crippen LogP contribution in [0.4, 0.5) is 23.2 Å². The van der Waals surface area contributed by atoms with Crippen LogP contribution in [0.1, 0.15) is 6.92 Å². The summed E-state index contributed by atoms with van der Waals surface area (Å²) in [7, 11) is 0. The van der Waals surface area contributed by atoms with Crippen molar-refractivity contribution in [1.82, 2.24) is 0 Å². The molecule has 1 aromatic carbocycles. The number of aliphatic hydroxyl groups excluding tert-OH is 1. The molecule has 1 atom stereocenters. The summed E-state index contributed by atoms with van der Waals surface area (Å²) < 4.78 is 52.3. The fraction of sp³-hybridized carbons (Fsp3) is 0.250. The SMILES string of the molecule is CCN=C(Br)C(=CN)C(O)C(C=C(N)C(F)(F)F)=Nc1ccc(F)cc1I. The molecular formula is C16H16BrF4IN4O. The molecule has 11 heteroatoms. The molecule has 0 spiro atoms. The van der Waals surface area contributed by atoms with Gasteiger partial charge in [0.05, 0.1) is 11.4 Å². The summed E-state index contributed by atoms with van der Waals surface area (Å²) >= 11 is 4.88. The number of hydrogen-bond donors (Lipinski definition) is 3. The van der Waals surface area contributed by atoms with Crippen LogP contribution in [-0.2, 0) is 0 Å². The van der Waals surface area contributed by atoms with Crippen LogP contribution in [0.25, 0.3) is 0 Å². The highest BCUT2D eigenvalue weighted by Gasteiger charge is 2.33. The first-order chi connectivity index (χ1) is 12.5. The van der Waals surface area contributed by atoms with Crippen molar-refractivity contribution in [2.24, 2.45) is 21.5 Å². The van der Waals surface area contributed by atoms with E-state index in [2.05, 4.69) is 25.9 Å². The highest BCUT2D eigenvalue weighted by Crippen LogP contribution is 2.26. The Morgan fingerprint density at radius 1 is 1.41 bits per heavy atom. The molecule has 148 valence electrons. The number of rotatable bonds is 6. The maximum Gasteiger partial charge on any atom is 0.430 e. The van der Waals surface area contributed by atoms with Gasteiger partial charge in [-0.05, 0) is 69.7 Å². The Bertz CT molecular complexity index is 806. The summed E-state index contributed by atoms with van der Waals surface area (Å²) in [4.78, 5) is 8.04. The van der Waals surface area contributed by atoms with E-state index in [0.29, 0.717) is 16.2 Å². The molecule has 1 unspecified atom stereocenters. The molecule has 0 fully saturated rings. The number of aliphatic imine (C=N–C) groups is 2. The Labute approximate surface area is 175 Å². The second-order valence-electron chi connectivity index (χ2n) is 5.02. The number of aliphatic hydroxyl groups is 1. The van der Waals surface area contributed by atoms with Gasteiger partial charge in [-0.2, -0.15) is 13.2 Å². The van der Waals surface area contributed by atoms with Gasteiger partial charge in [0, 0.05) is 21.9 Å². The van der Waals surface area contributed by atoms with Crippen molar-refractivity contribution in [3.8, 4) is 0 Å². The number of allylic oxidation sites excluding steroid dienone is 1. The summed E-state index contributed by atoms with van der Waals surface area (Å²) in [6.45, 7) is 2.06. The van der Waals surface area contributed by atoms with Gasteiger partial charge in [-0.15, -0.1) is 0 Å². The van der Waals surface area contributed by atoms with Crippen LogP contribution in [0.3, 0.4) is 0 Å². The molecule has 0 amide bonds. The van der Waals surface area contributed by atoms with Gasteiger partial charge in [-0.25, -0.2) is 9.38 Å². The van der Waals surface area contributed by atoms with Gasteiger partial charge >= 0.3 is 6.18 Å². The number of halogens is 6. The number of nitrogens with two attached hydrogens (primary N) is 2. The Kier molecular flexibility index (Phi) is 8.88. The molecule has 0 aromatic heterocycles. The molecule has 0 aliphatic heterocycles. The van der Waals surface area contributed by atoms with Crippen LogP contribution in [0, 0.1) is 9.39 Å². The van der Waals surface area contributed by atoms with Crippen molar-refractivity contribution in [3.05, 3.63) is 51.1 Å². The minimum Gasteiger partial charge on any atom is -0.404 e. The smallest absolute Gasteiger partial charge is 0.404 e. The lowest BCUT2D eigenvalue weighted by Gasteiger charge is -2.16. The molecule has 1 aromatic rings. The van der Waals surface area contributed by atoms with Crippen molar-refractivity contribution in [2.45, 2.75) is 19.2 Å². The number of benzene rings is 1.